The van der Waals surface area contributed by atoms with Gasteiger partial charge < -0.3 is 10.0 Å². The third-order valence-corrected chi connectivity index (χ3v) is 4.77. The van der Waals surface area contributed by atoms with Crippen LogP contribution in [0.3, 0.4) is 0 Å². The minimum atomic E-state index is -0.117. The molecule has 1 N–H and O–H groups in total. The number of hydrogen-bond donors (Lipinski definition) is 1. The SMILES string of the molecule is CC(O)C1CCN(CC2CCCCC2C)C1. The molecule has 94 valence electrons. The maximum atomic E-state index is 9.60. The monoisotopic (exact) mass is 225 g/mol. The Hall–Kier alpha value is -0.0800. The first-order valence-electron chi connectivity index (χ1n) is 7.07. The van der Waals surface area contributed by atoms with Gasteiger partial charge in [-0.05, 0) is 44.1 Å². The molecule has 0 radical (unpaired) electrons. The summed E-state index contributed by atoms with van der Waals surface area (Å²) in [6.07, 6.45) is 6.80. The van der Waals surface area contributed by atoms with Crippen LogP contribution >= 0.6 is 0 Å². The molecule has 0 bridgehead atoms. The summed E-state index contributed by atoms with van der Waals surface area (Å²) in [5, 5.41) is 9.60. The zero-order valence-corrected chi connectivity index (χ0v) is 10.9. The van der Waals surface area contributed by atoms with E-state index in [2.05, 4.69) is 11.8 Å². The first kappa shape index (κ1) is 12.4. The highest BCUT2D eigenvalue weighted by molar-refractivity contribution is 4.82. The molecule has 2 heteroatoms. The van der Waals surface area contributed by atoms with Crippen molar-refractivity contribution in [2.75, 3.05) is 19.6 Å². The predicted octanol–water partition coefficient (Wildman–Crippen LogP) is 2.52. The highest BCUT2D eigenvalue weighted by Gasteiger charge is 2.29. The van der Waals surface area contributed by atoms with E-state index >= 15 is 0 Å². The van der Waals surface area contributed by atoms with Gasteiger partial charge >= 0.3 is 0 Å². The average Bonchev–Trinajstić information content (AvgIpc) is 2.70. The number of rotatable bonds is 3. The average molecular weight is 225 g/mol. The lowest BCUT2D eigenvalue weighted by Crippen LogP contribution is -2.33. The topological polar surface area (TPSA) is 23.5 Å². The predicted molar refractivity (Wildman–Crippen MR) is 67.3 cm³/mol. The summed E-state index contributed by atoms with van der Waals surface area (Å²) in [5.74, 6) is 2.36. The quantitative estimate of drug-likeness (QED) is 0.798. The second-order valence-electron chi connectivity index (χ2n) is 6.07. The van der Waals surface area contributed by atoms with Gasteiger partial charge in [0.15, 0.2) is 0 Å². The Morgan fingerprint density at radius 2 is 2.00 bits per heavy atom. The van der Waals surface area contributed by atoms with Gasteiger partial charge in [0.2, 0.25) is 0 Å². The van der Waals surface area contributed by atoms with Gasteiger partial charge in [-0.1, -0.05) is 26.2 Å². The van der Waals surface area contributed by atoms with Gasteiger partial charge in [-0.2, -0.15) is 0 Å². The molecular formula is C14H27NO. The van der Waals surface area contributed by atoms with Crippen molar-refractivity contribution in [1.82, 2.24) is 4.90 Å². The molecule has 1 saturated heterocycles. The number of aliphatic hydroxyl groups excluding tert-OH is 1. The number of hydrogen-bond acceptors (Lipinski definition) is 2. The number of nitrogens with zero attached hydrogens (tertiary/aromatic N) is 1. The van der Waals surface area contributed by atoms with Crippen LogP contribution in [0.5, 0.6) is 0 Å². The molecule has 0 amide bonds. The van der Waals surface area contributed by atoms with Crippen molar-refractivity contribution in [2.24, 2.45) is 17.8 Å². The second kappa shape index (κ2) is 5.50. The third-order valence-electron chi connectivity index (χ3n) is 4.77. The molecule has 2 fully saturated rings. The lowest BCUT2D eigenvalue weighted by atomic mass is 9.80. The van der Waals surface area contributed by atoms with Crippen LogP contribution in [0.1, 0.15) is 46.0 Å². The molecule has 16 heavy (non-hydrogen) atoms. The molecule has 2 nitrogen and oxygen atoms in total. The second-order valence-corrected chi connectivity index (χ2v) is 6.07. The van der Waals surface area contributed by atoms with E-state index in [1.54, 1.807) is 0 Å². The summed E-state index contributed by atoms with van der Waals surface area (Å²) in [7, 11) is 0. The van der Waals surface area contributed by atoms with Crippen LogP contribution in [-0.2, 0) is 0 Å². The van der Waals surface area contributed by atoms with Crippen LogP contribution in [0.15, 0.2) is 0 Å². The highest BCUT2D eigenvalue weighted by atomic mass is 16.3. The zero-order chi connectivity index (χ0) is 11.5. The molecule has 1 aliphatic heterocycles. The van der Waals surface area contributed by atoms with Crippen molar-refractivity contribution >= 4 is 0 Å². The van der Waals surface area contributed by atoms with Crippen LogP contribution in [0.25, 0.3) is 0 Å². The van der Waals surface area contributed by atoms with Crippen LogP contribution in [-0.4, -0.2) is 35.7 Å². The van der Waals surface area contributed by atoms with Crippen molar-refractivity contribution in [3.63, 3.8) is 0 Å². The molecule has 4 atom stereocenters. The fraction of sp³-hybridized carbons (Fsp3) is 1.00. The van der Waals surface area contributed by atoms with Crippen LogP contribution in [0.2, 0.25) is 0 Å². The summed E-state index contributed by atoms with van der Waals surface area (Å²) in [4.78, 5) is 2.59. The first-order valence-corrected chi connectivity index (χ1v) is 7.07. The van der Waals surface area contributed by atoms with E-state index in [-0.39, 0.29) is 6.10 Å². The van der Waals surface area contributed by atoms with E-state index in [0.717, 1.165) is 18.4 Å². The molecule has 0 aromatic rings. The third kappa shape index (κ3) is 2.98. The molecule has 1 saturated carbocycles. The Balaban J connectivity index is 1.77. The molecule has 2 aliphatic rings. The molecule has 0 aromatic heterocycles. The van der Waals surface area contributed by atoms with Crippen LogP contribution < -0.4 is 0 Å². The van der Waals surface area contributed by atoms with Gasteiger partial charge in [0.05, 0.1) is 6.10 Å². The van der Waals surface area contributed by atoms with Gasteiger partial charge in [0.25, 0.3) is 0 Å². The van der Waals surface area contributed by atoms with E-state index < -0.39 is 0 Å². The number of aliphatic hydroxyl groups is 1. The van der Waals surface area contributed by atoms with Gasteiger partial charge in [0, 0.05) is 13.1 Å². The summed E-state index contributed by atoms with van der Waals surface area (Å²) >= 11 is 0. The Labute approximate surface area is 100 Å². The Kier molecular flexibility index (Phi) is 4.26. The van der Waals surface area contributed by atoms with Gasteiger partial charge in [-0.3, -0.25) is 0 Å². The van der Waals surface area contributed by atoms with Crippen molar-refractivity contribution < 1.29 is 5.11 Å². The molecule has 2 rings (SSSR count). The molecular weight excluding hydrogens is 198 g/mol. The maximum Gasteiger partial charge on any atom is 0.0552 e. The number of likely N-dealkylation sites (tertiary alicyclic amines) is 1. The molecule has 1 heterocycles. The molecule has 4 unspecified atom stereocenters. The smallest absolute Gasteiger partial charge is 0.0552 e. The van der Waals surface area contributed by atoms with E-state index in [4.69, 9.17) is 0 Å². The van der Waals surface area contributed by atoms with Gasteiger partial charge in [-0.15, -0.1) is 0 Å². The highest BCUT2D eigenvalue weighted by Crippen LogP contribution is 2.31. The summed E-state index contributed by atoms with van der Waals surface area (Å²) in [6.45, 7) is 7.98. The maximum absolute atomic E-state index is 9.60. The van der Waals surface area contributed by atoms with E-state index in [9.17, 15) is 5.11 Å². The Morgan fingerprint density at radius 3 is 2.62 bits per heavy atom. The fourth-order valence-corrected chi connectivity index (χ4v) is 3.42. The van der Waals surface area contributed by atoms with E-state index in [1.165, 1.54) is 45.2 Å². The summed E-state index contributed by atoms with van der Waals surface area (Å²) in [6, 6.07) is 0. The lowest BCUT2D eigenvalue weighted by molar-refractivity contribution is 0.120. The van der Waals surface area contributed by atoms with Gasteiger partial charge in [0.1, 0.15) is 0 Å². The van der Waals surface area contributed by atoms with Crippen LogP contribution in [0, 0.1) is 17.8 Å². The molecule has 0 aromatic carbocycles. The zero-order valence-electron chi connectivity index (χ0n) is 10.9. The molecule has 0 spiro atoms. The minimum absolute atomic E-state index is 0.117. The summed E-state index contributed by atoms with van der Waals surface area (Å²) < 4.78 is 0. The molecule has 1 aliphatic carbocycles. The van der Waals surface area contributed by atoms with E-state index in [1.807, 2.05) is 6.92 Å². The standard InChI is InChI=1S/C14H27NO/c1-11-5-3-4-6-13(11)9-15-8-7-14(10-15)12(2)16/h11-14,16H,3-10H2,1-2H3. The Morgan fingerprint density at radius 1 is 1.25 bits per heavy atom. The van der Waals surface area contributed by atoms with Crippen molar-refractivity contribution in [3.8, 4) is 0 Å². The first-order chi connectivity index (χ1) is 7.66. The lowest BCUT2D eigenvalue weighted by Gasteiger charge is -2.32. The summed E-state index contributed by atoms with van der Waals surface area (Å²) in [5.41, 5.74) is 0. The van der Waals surface area contributed by atoms with Crippen molar-refractivity contribution in [3.05, 3.63) is 0 Å². The fourth-order valence-electron chi connectivity index (χ4n) is 3.42. The van der Waals surface area contributed by atoms with E-state index in [0.29, 0.717) is 5.92 Å². The van der Waals surface area contributed by atoms with Gasteiger partial charge in [-0.25, -0.2) is 0 Å². The Bertz CT molecular complexity index is 217. The normalized spacial score (nSPS) is 38.8. The minimum Gasteiger partial charge on any atom is -0.393 e. The largest absolute Gasteiger partial charge is 0.393 e. The van der Waals surface area contributed by atoms with Crippen molar-refractivity contribution in [2.45, 2.75) is 52.1 Å². The van der Waals surface area contributed by atoms with Crippen molar-refractivity contribution in [1.29, 1.82) is 0 Å². The van der Waals surface area contributed by atoms with Crippen LogP contribution in [0.4, 0.5) is 0 Å².